The zero-order valence-electron chi connectivity index (χ0n) is 11.0. The second-order valence-corrected chi connectivity index (χ2v) is 6.74. The first-order chi connectivity index (χ1) is 8.86. The molecule has 3 nitrogen and oxygen atoms in total. The van der Waals surface area contributed by atoms with Gasteiger partial charge < -0.3 is 5.32 Å². The Kier molecular flexibility index (Phi) is 3.97. The van der Waals surface area contributed by atoms with E-state index in [4.69, 9.17) is 0 Å². The Balaban J connectivity index is 1.66. The van der Waals surface area contributed by atoms with Crippen LogP contribution in [0.15, 0.2) is 11.6 Å². The molecule has 1 spiro atoms. The molecular weight excluding hydrogens is 242 g/mol. The average molecular weight is 265 g/mol. The van der Waals surface area contributed by atoms with Crippen molar-refractivity contribution in [3.05, 3.63) is 16.6 Å². The molecule has 0 unspecified atom stereocenters. The second-order valence-electron chi connectivity index (χ2n) is 5.76. The third-order valence-corrected chi connectivity index (χ3v) is 5.09. The lowest BCUT2D eigenvalue weighted by molar-refractivity contribution is 0.159. The molecule has 0 aromatic carbocycles. The van der Waals surface area contributed by atoms with Gasteiger partial charge >= 0.3 is 0 Å². The Morgan fingerprint density at radius 1 is 1.28 bits per heavy atom. The van der Waals surface area contributed by atoms with Gasteiger partial charge in [-0.2, -0.15) is 0 Å². The third kappa shape index (κ3) is 2.92. The van der Waals surface area contributed by atoms with E-state index in [1.165, 1.54) is 63.2 Å². The monoisotopic (exact) mass is 265 g/mol. The SMILES string of the molecule is c1csc(CN2CCCNC3(CCCCC3)C2)n1. The first-order valence-electron chi connectivity index (χ1n) is 7.22. The van der Waals surface area contributed by atoms with Crippen molar-refractivity contribution in [2.75, 3.05) is 19.6 Å². The van der Waals surface area contributed by atoms with Crippen LogP contribution in [0, 0.1) is 0 Å². The fraction of sp³-hybridized carbons (Fsp3) is 0.786. The van der Waals surface area contributed by atoms with Gasteiger partial charge in [0.25, 0.3) is 0 Å². The zero-order chi connectivity index (χ0) is 12.3. The van der Waals surface area contributed by atoms with E-state index in [9.17, 15) is 0 Å². The van der Waals surface area contributed by atoms with Gasteiger partial charge in [0.2, 0.25) is 0 Å². The molecule has 0 bridgehead atoms. The molecule has 2 aliphatic rings. The number of hydrogen-bond donors (Lipinski definition) is 1. The molecule has 1 N–H and O–H groups in total. The van der Waals surface area contributed by atoms with Gasteiger partial charge in [-0.1, -0.05) is 19.3 Å². The third-order valence-electron chi connectivity index (χ3n) is 4.33. The van der Waals surface area contributed by atoms with Crippen LogP contribution in [0.25, 0.3) is 0 Å². The average Bonchev–Trinajstić information content (AvgIpc) is 2.81. The number of thiazole rings is 1. The molecule has 0 amide bonds. The normalized spacial score (nSPS) is 25.1. The standard InChI is InChI=1S/C14H23N3S/c1-2-5-14(6-3-1)12-17(9-4-7-16-14)11-13-15-8-10-18-13/h8,10,16H,1-7,9,11-12H2. The van der Waals surface area contributed by atoms with E-state index in [2.05, 4.69) is 20.6 Å². The predicted octanol–water partition coefficient (Wildman–Crippen LogP) is 2.64. The molecule has 1 aliphatic heterocycles. The summed E-state index contributed by atoms with van der Waals surface area (Å²) in [6, 6.07) is 0. The smallest absolute Gasteiger partial charge is 0.107 e. The van der Waals surface area contributed by atoms with E-state index in [1.807, 2.05) is 6.20 Å². The van der Waals surface area contributed by atoms with Crippen molar-refractivity contribution >= 4 is 11.3 Å². The van der Waals surface area contributed by atoms with Crippen LogP contribution >= 0.6 is 11.3 Å². The Bertz CT molecular complexity index is 357. The number of aromatic nitrogens is 1. The van der Waals surface area contributed by atoms with Crippen molar-refractivity contribution < 1.29 is 0 Å². The maximum Gasteiger partial charge on any atom is 0.107 e. The van der Waals surface area contributed by atoms with Crippen molar-refractivity contribution in [1.82, 2.24) is 15.2 Å². The second kappa shape index (κ2) is 5.68. The van der Waals surface area contributed by atoms with Gasteiger partial charge in [0, 0.05) is 23.7 Å². The molecule has 100 valence electrons. The van der Waals surface area contributed by atoms with Crippen LogP contribution in [-0.2, 0) is 6.54 Å². The highest BCUT2D eigenvalue weighted by atomic mass is 32.1. The Morgan fingerprint density at radius 3 is 2.94 bits per heavy atom. The van der Waals surface area contributed by atoms with Gasteiger partial charge in [0.1, 0.15) is 5.01 Å². The van der Waals surface area contributed by atoms with Gasteiger partial charge in [-0.15, -0.1) is 11.3 Å². The van der Waals surface area contributed by atoms with Gasteiger partial charge in [0.15, 0.2) is 0 Å². The van der Waals surface area contributed by atoms with Gasteiger partial charge in [0.05, 0.1) is 6.54 Å². The van der Waals surface area contributed by atoms with Gasteiger partial charge in [-0.25, -0.2) is 4.98 Å². The minimum Gasteiger partial charge on any atom is -0.310 e. The fourth-order valence-electron chi connectivity index (χ4n) is 3.44. The lowest BCUT2D eigenvalue weighted by atomic mass is 9.81. The first kappa shape index (κ1) is 12.6. The summed E-state index contributed by atoms with van der Waals surface area (Å²) in [5.41, 5.74) is 0.409. The molecule has 4 heteroatoms. The van der Waals surface area contributed by atoms with Crippen molar-refractivity contribution in [3.63, 3.8) is 0 Å². The quantitative estimate of drug-likeness (QED) is 0.891. The van der Waals surface area contributed by atoms with Gasteiger partial charge in [-0.05, 0) is 32.4 Å². The van der Waals surface area contributed by atoms with E-state index in [0.717, 1.165) is 6.54 Å². The largest absolute Gasteiger partial charge is 0.310 e. The summed E-state index contributed by atoms with van der Waals surface area (Å²) in [6.07, 6.45) is 10.1. The van der Waals surface area contributed by atoms with Crippen molar-refractivity contribution in [1.29, 1.82) is 0 Å². The topological polar surface area (TPSA) is 28.2 Å². The summed E-state index contributed by atoms with van der Waals surface area (Å²) >= 11 is 1.79. The lowest BCUT2D eigenvalue weighted by Gasteiger charge is -2.39. The maximum atomic E-state index is 4.43. The van der Waals surface area contributed by atoms with Crippen molar-refractivity contribution in [2.45, 2.75) is 50.6 Å². The number of hydrogen-bond acceptors (Lipinski definition) is 4. The molecule has 0 radical (unpaired) electrons. The minimum absolute atomic E-state index is 0.409. The van der Waals surface area contributed by atoms with Crippen molar-refractivity contribution in [2.24, 2.45) is 0 Å². The number of nitrogens with one attached hydrogen (secondary N) is 1. The molecule has 2 fully saturated rings. The van der Waals surface area contributed by atoms with Crippen LogP contribution in [-0.4, -0.2) is 35.1 Å². The Morgan fingerprint density at radius 2 is 2.17 bits per heavy atom. The molecule has 1 aromatic rings. The van der Waals surface area contributed by atoms with Crippen LogP contribution in [0.3, 0.4) is 0 Å². The minimum atomic E-state index is 0.409. The van der Waals surface area contributed by atoms with Crippen LogP contribution in [0.4, 0.5) is 0 Å². The Labute approximate surface area is 114 Å². The molecular formula is C14H23N3S. The molecule has 1 aliphatic carbocycles. The summed E-state index contributed by atoms with van der Waals surface area (Å²) in [7, 11) is 0. The molecule has 2 heterocycles. The number of rotatable bonds is 2. The fourth-order valence-corrected chi connectivity index (χ4v) is 4.10. The summed E-state index contributed by atoms with van der Waals surface area (Å²) in [5, 5.41) is 7.20. The maximum absolute atomic E-state index is 4.43. The van der Waals surface area contributed by atoms with E-state index in [0.29, 0.717) is 5.54 Å². The lowest BCUT2D eigenvalue weighted by Crippen LogP contribution is -2.52. The summed E-state index contributed by atoms with van der Waals surface area (Å²) in [6.45, 7) is 4.66. The summed E-state index contributed by atoms with van der Waals surface area (Å²) < 4.78 is 0. The number of nitrogens with zero attached hydrogens (tertiary/aromatic N) is 2. The molecule has 18 heavy (non-hydrogen) atoms. The zero-order valence-corrected chi connectivity index (χ0v) is 11.8. The van der Waals surface area contributed by atoms with E-state index < -0.39 is 0 Å². The molecule has 1 aromatic heterocycles. The summed E-state index contributed by atoms with van der Waals surface area (Å²) in [4.78, 5) is 7.05. The molecule has 0 atom stereocenters. The van der Waals surface area contributed by atoms with Crippen LogP contribution in [0.2, 0.25) is 0 Å². The van der Waals surface area contributed by atoms with Crippen LogP contribution < -0.4 is 5.32 Å². The highest BCUT2D eigenvalue weighted by Crippen LogP contribution is 2.30. The van der Waals surface area contributed by atoms with Crippen LogP contribution in [0.1, 0.15) is 43.5 Å². The molecule has 3 rings (SSSR count). The summed E-state index contributed by atoms with van der Waals surface area (Å²) in [5.74, 6) is 0. The van der Waals surface area contributed by atoms with E-state index in [1.54, 1.807) is 11.3 Å². The highest BCUT2D eigenvalue weighted by Gasteiger charge is 2.34. The van der Waals surface area contributed by atoms with Crippen molar-refractivity contribution in [3.8, 4) is 0 Å². The van der Waals surface area contributed by atoms with E-state index >= 15 is 0 Å². The van der Waals surface area contributed by atoms with E-state index in [-0.39, 0.29) is 0 Å². The molecule has 1 saturated carbocycles. The Hall–Kier alpha value is -0.450. The highest BCUT2D eigenvalue weighted by molar-refractivity contribution is 7.09. The molecule has 1 saturated heterocycles. The van der Waals surface area contributed by atoms with Gasteiger partial charge in [-0.3, -0.25) is 4.90 Å². The first-order valence-corrected chi connectivity index (χ1v) is 8.10. The van der Waals surface area contributed by atoms with Crippen LogP contribution in [0.5, 0.6) is 0 Å². The predicted molar refractivity (Wildman–Crippen MR) is 75.8 cm³/mol.